The summed E-state index contributed by atoms with van der Waals surface area (Å²) >= 11 is 1.58. The molecular formula is C28H33NO4S. The van der Waals surface area contributed by atoms with Gasteiger partial charge in [-0.3, -0.25) is 0 Å². The molecule has 2 heterocycles. The number of hydrogen-bond donors (Lipinski definition) is 1. The Morgan fingerprint density at radius 1 is 1.15 bits per heavy atom. The Balaban J connectivity index is 1.69. The Morgan fingerprint density at radius 3 is 2.59 bits per heavy atom. The van der Waals surface area contributed by atoms with Crippen molar-refractivity contribution in [2.75, 3.05) is 6.61 Å². The number of aryl methyl sites for hydroxylation is 3. The second kappa shape index (κ2) is 8.88. The quantitative estimate of drug-likeness (QED) is 0.318. The Bertz CT molecular complexity index is 1290. The topological polar surface area (TPSA) is 72.0 Å². The lowest BCUT2D eigenvalue weighted by molar-refractivity contribution is 0.0526. The van der Waals surface area contributed by atoms with E-state index in [1.165, 1.54) is 10.4 Å². The van der Waals surface area contributed by atoms with Gasteiger partial charge in [0.2, 0.25) is 0 Å². The third kappa shape index (κ3) is 3.96. The van der Waals surface area contributed by atoms with E-state index >= 15 is 0 Å². The number of rotatable bonds is 4. The summed E-state index contributed by atoms with van der Waals surface area (Å²) in [5, 5.41) is 13.1. The van der Waals surface area contributed by atoms with Crippen molar-refractivity contribution in [2.24, 2.45) is 4.99 Å². The SMILES string of the molecule is CCOC(=O)c1c(N=Cc2c(O)c(C(C)(C)C)cc3oc4c(c23)CCCC4)sc2c1CCCC2. The molecule has 1 aromatic carbocycles. The zero-order valence-corrected chi connectivity index (χ0v) is 21.4. The number of hydrogen-bond acceptors (Lipinski definition) is 6. The summed E-state index contributed by atoms with van der Waals surface area (Å²) in [7, 11) is 0. The molecule has 5 nitrogen and oxygen atoms in total. The Morgan fingerprint density at radius 2 is 1.85 bits per heavy atom. The molecule has 0 bridgehead atoms. The van der Waals surface area contributed by atoms with Gasteiger partial charge in [-0.15, -0.1) is 11.3 Å². The average molecular weight is 480 g/mol. The molecule has 5 rings (SSSR count). The van der Waals surface area contributed by atoms with Crippen LogP contribution in [0.2, 0.25) is 0 Å². The lowest BCUT2D eigenvalue weighted by Crippen LogP contribution is -2.12. The van der Waals surface area contributed by atoms with Crippen LogP contribution in [0.4, 0.5) is 5.00 Å². The van der Waals surface area contributed by atoms with Gasteiger partial charge in [0.05, 0.1) is 12.2 Å². The number of aromatic hydroxyl groups is 1. The van der Waals surface area contributed by atoms with Crippen molar-refractivity contribution in [1.29, 1.82) is 0 Å². The highest BCUT2D eigenvalue weighted by Crippen LogP contribution is 2.44. The van der Waals surface area contributed by atoms with E-state index in [2.05, 4.69) is 20.8 Å². The minimum atomic E-state index is -0.299. The van der Waals surface area contributed by atoms with Crippen LogP contribution in [0.3, 0.4) is 0 Å². The predicted molar refractivity (Wildman–Crippen MR) is 137 cm³/mol. The van der Waals surface area contributed by atoms with Crippen molar-refractivity contribution in [1.82, 2.24) is 0 Å². The first kappa shape index (κ1) is 23.2. The number of benzene rings is 1. The smallest absolute Gasteiger partial charge is 0.341 e. The molecule has 2 aliphatic rings. The number of fused-ring (bicyclic) bond motifs is 4. The number of nitrogens with zero attached hydrogens (tertiary/aromatic N) is 1. The lowest BCUT2D eigenvalue weighted by Gasteiger charge is -2.21. The van der Waals surface area contributed by atoms with Crippen molar-refractivity contribution >= 4 is 39.5 Å². The first-order valence-electron chi connectivity index (χ1n) is 12.5. The minimum absolute atomic E-state index is 0.247. The largest absolute Gasteiger partial charge is 0.507 e. The van der Waals surface area contributed by atoms with E-state index in [9.17, 15) is 9.90 Å². The molecule has 0 unspecified atom stereocenters. The van der Waals surface area contributed by atoms with Crippen LogP contribution in [-0.4, -0.2) is 23.9 Å². The molecule has 6 heteroatoms. The summed E-state index contributed by atoms with van der Waals surface area (Å²) in [6.45, 7) is 8.43. The predicted octanol–water partition coefficient (Wildman–Crippen LogP) is 7.18. The first-order chi connectivity index (χ1) is 16.3. The van der Waals surface area contributed by atoms with Gasteiger partial charge in [-0.05, 0) is 68.9 Å². The third-order valence-corrected chi connectivity index (χ3v) is 8.20. The number of carbonyl (C=O) groups is 1. The van der Waals surface area contributed by atoms with Crippen LogP contribution in [0.5, 0.6) is 5.75 Å². The zero-order valence-electron chi connectivity index (χ0n) is 20.5. The monoisotopic (exact) mass is 479 g/mol. The van der Waals surface area contributed by atoms with Crippen molar-refractivity contribution in [3.63, 3.8) is 0 Å². The van der Waals surface area contributed by atoms with Gasteiger partial charge in [0.25, 0.3) is 0 Å². The van der Waals surface area contributed by atoms with Crippen LogP contribution in [-0.2, 0) is 35.8 Å². The molecule has 34 heavy (non-hydrogen) atoms. The number of phenolic OH excluding ortho intramolecular Hbond substituents is 1. The average Bonchev–Trinajstić information content (AvgIpc) is 3.35. The molecular weight excluding hydrogens is 446 g/mol. The second-order valence-electron chi connectivity index (χ2n) is 10.4. The van der Waals surface area contributed by atoms with Gasteiger partial charge in [-0.2, -0.15) is 0 Å². The standard InChI is InChI=1S/C28H33NO4S/c1-5-32-27(31)24-17-11-7-9-13-22(17)34-26(24)29-15-18-23-16-10-6-8-12-20(16)33-21(23)14-19(25(18)30)28(2,3)4/h14-15,30H,5-13H2,1-4H3. The normalized spacial score (nSPS) is 16.1. The molecule has 0 saturated heterocycles. The number of furan rings is 1. The van der Waals surface area contributed by atoms with E-state index in [-0.39, 0.29) is 17.1 Å². The Hall–Kier alpha value is -2.60. The summed E-state index contributed by atoms with van der Waals surface area (Å²) in [6, 6.07) is 1.99. The van der Waals surface area contributed by atoms with Crippen LogP contribution in [0.15, 0.2) is 15.5 Å². The number of thiophene rings is 1. The first-order valence-corrected chi connectivity index (χ1v) is 13.3. The molecule has 1 N–H and O–H groups in total. The van der Waals surface area contributed by atoms with Gasteiger partial charge in [-0.25, -0.2) is 9.79 Å². The van der Waals surface area contributed by atoms with Crippen molar-refractivity contribution in [2.45, 2.75) is 84.5 Å². The van der Waals surface area contributed by atoms with E-state index in [1.807, 2.05) is 13.0 Å². The molecule has 0 aliphatic heterocycles. The molecule has 0 radical (unpaired) electrons. The Labute approximate surface area is 204 Å². The fourth-order valence-electron chi connectivity index (χ4n) is 5.32. The van der Waals surface area contributed by atoms with Crippen LogP contribution < -0.4 is 0 Å². The van der Waals surface area contributed by atoms with Crippen LogP contribution >= 0.6 is 11.3 Å². The fourth-order valence-corrected chi connectivity index (χ4v) is 6.54. The second-order valence-corrected chi connectivity index (χ2v) is 11.5. The van der Waals surface area contributed by atoms with Gasteiger partial charge in [-0.1, -0.05) is 20.8 Å². The number of phenols is 1. The van der Waals surface area contributed by atoms with Gasteiger partial charge < -0.3 is 14.3 Å². The molecule has 0 amide bonds. The summed E-state index contributed by atoms with van der Waals surface area (Å²) in [4.78, 5) is 18.9. The van der Waals surface area contributed by atoms with Crippen LogP contribution in [0.25, 0.3) is 11.0 Å². The maximum Gasteiger partial charge on any atom is 0.341 e. The van der Waals surface area contributed by atoms with Gasteiger partial charge in [0, 0.05) is 39.6 Å². The van der Waals surface area contributed by atoms with Crippen molar-refractivity contribution < 1.29 is 19.1 Å². The van der Waals surface area contributed by atoms with Gasteiger partial charge in [0.1, 0.15) is 22.1 Å². The number of ether oxygens (including phenoxy) is 1. The highest BCUT2D eigenvalue weighted by molar-refractivity contribution is 7.16. The summed E-state index contributed by atoms with van der Waals surface area (Å²) < 4.78 is 11.7. The molecule has 180 valence electrons. The summed E-state index contributed by atoms with van der Waals surface area (Å²) in [5.74, 6) is 0.977. The highest BCUT2D eigenvalue weighted by atomic mass is 32.1. The molecule has 3 aromatic rings. The Kier molecular flexibility index (Phi) is 6.05. The van der Waals surface area contributed by atoms with Crippen LogP contribution in [0, 0.1) is 0 Å². The molecule has 0 spiro atoms. The minimum Gasteiger partial charge on any atom is -0.507 e. The molecule has 0 saturated carbocycles. The van der Waals surface area contributed by atoms with E-state index < -0.39 is 0 Å². The lowest BCUT2D eigenvalue weighted by atomic mass is 9.83. The maximum atomic E-state index is 12.9. The number of carbonyl (C=O) groups excluding carboxylic acids is 1. The van der Waals surface area contributed by atoms with E-state index in [0.29, 0.717) is 22.7 Å². The zero-order chi connectivity index (χ0) is 24.0. The van der Waals surface area contributed by atoms with E-state index in [0.717, 1.165) is 79.2 Å². The van der Waals surface area contributed by atoms with Crippen molar-refractivity contribution in [3.05, 3.63) is 44.5 Å². The number of aliphatic imine (C=N–C) groups is 1. The van der Waals surface area contributed by atoms with E-state index in [4.69, 9.17) is 14.1 Å². The number of esters is 1. The van der Waals surface area contributed by atoms with Crippen LogP contribution in [0.1, 0.15) is 96.6 Å². The fraction of sp³-hybridized carbons (Fsp3) is 0.500. The highest BCUT2D eigenvalue weighted by Gasteiger charge is 2.29. The molecule has 2 aromatic heterocycles. The summed E-state index contributed by atoms with van der Waals surface area (Å²) in [6.07, 6.45) is 9.94. The maximum absolute atomic E-state index is 12.9. The molecule has 0 fully saturated rings. The third-order valence-electron chi connectivity index (χ3n) is 7.00. The molecule has 0 atom stereocenters. The summed E-state index contributed by atoms with van der Waals surface area (Å²) in [5.41, 5.74) is 4.97. The van der Waals surface area contributed by atoms with E-state index in [1.54, 1.807) is 17.6 Å². The van der Waals surface area contributed by atoms with Gasteiger partial charge >= 0.3 is 5.97 Å². The molecule has 2 aliphatic carbocycles. The van der Waals surface area contributed by atoms with Crippen molar-refractivity contribution in [3.8, 4) is 5.75 Å². The van der Waals surface area contributed by atoms with Gasteiger partial charge in [0.15, 0.2) is 0 Å².